The molecule has 0 radical (unpaired) electrons. The number of aromatic nitrogens is 1. The molecular formula is C9H12F2N2S. The van der Waals surface area contributed by atoms with Crippen LogP contribution in [0.2, 0.25) is 0 Å². The third-order valence-corrected chi connectivity index (χ3v) is 3.40. The quantitative estimate of drug-likeness (QED) is 0.842. The molecule has 1 atom stereocenters. The minimum atomic E-state index is -2.38. The predicted octanol–water partition coefficient (Wildman–Crippen LogP) is 2.38. The third-order valence-electron chi connectivity index (χ3n) is 2.37. The lowest BCUT2D eigenvalue weighted by Gasteiger charge is -2.06. The standard InChI is InChI=1S/C9H12F2N2S/c10-9(11)7-5-13-8(14-7)4-6-2-1-3-12-6/h5-6,9,12H,1-4H2. The molecule has 2 rings (SSSR count). The van der Waals surface area contributed by atoms with Crippen molar-refractivity contribution in [3.8, 4) is 0 Å². The van der Waals surface area contributed by atoms with Crippen LogP contribution in [0.3, 0.4) is 0 Å². The third kappa shape index (κ3) is 2.27. The number of nitrogens with one attached hydrogen (secondary N) is 1. The molecule has 1 saturated heterocycles. The summed E-state index contributed by atoms with van der Waals surface area (Å²) < 4.78 is 24.5. The molecule has 1 aromatic heterocycles. The number of hydrogen-bond donors (Lipinski definition) is 1. The van der Waals surface area contributed by atoms with Crippen molar-refractivity contribution >= 4 is 11.3 Å². The highest BCUT2D eigenvalue weighted by Gasteiger charge is 2.17. The number of alkyl halides is 2. The lowest BCUT2D eigenvalue weighted by Crippen LogP contribution is -2.23. The van der Waals surface area contributed by atoms with Gasteiger partial charge in [0.25, 0.3) is 6.43 Å². The maximum absolute atomic E-state index is 12.2. The van der Waals surface area contributed by atoms with Gasteiger partial charge in [-0.05, 0) is 19.4 Å². The molecule has 1 aliphatic heterocycles. The van der Waals surface area contributed by atoms with E-state index in [9.17, 15) is 8.78 Å². The van der Waals surface area contributed by atoms with E-state index in [-0.39, 0.29) is 4.88 Å². The Balaban J connectivity index is 1.95. The first kappa shape index (κ1) is 9.98. The lowest BCUT2D eigenvalue weighted by atomic mass is 10.2. The van der Waals surface area contributed by atoms with Crippen molar-refractivity contribution < 1.29 is 8.78 Å². The number of nitrogens with zero attached hydrogens (tertiary/aromatic N) is 1. The van der Waals surface area contributed by atoms with Gasteiger partial charge in [0.2, 0.25) is 0 Å². The van der Waals surface area contributed by atoms with Gasteiger partial charge in [0.05, 0.1) is 9.88 Å². The van der Waals surface area contributed by atoms with Gasteiger partial charge in [-0.3, -0.25) is 0 Å². The van der Waals surface area contributed by atoms with Crippen LogP contribution in [0.25, 0.3) is 0 Å². The van der Waals surface area contributed by atoms with Gasteiger partial charge in [-0.25, -0.2) is 13.8 Å². The zero-order valence-electron chi connectivity index (χ0n) is 7.67. The zero-order chi connectivity index (χ0) is 9.97. The summed E-state index contributed by atoms with van der Waals surface area (Å²) >= 11 is 1.13. The number of hydrogen-bond acceptors (Lipinski definition) is 3. The molecule has 2 nitrogen and oxygen atoms in total. The summed E-state index contributed by atoms with van der Waals surface area (Å²) in [6.07, 6.45) is 2.01. The molecule has 1 aromatic rings. The van der Waals surface area contributed by atoms with E-state index in [4.69, 9.17) is 0 Å². The van der Waals surface area contributed by atoms with E-state index < -0.39 is 6.43 Å². The summed E-state index contributed by atoms with van der Waals surface area (Å²) in [7, 11) is 0. The maximum atomic E-state index is 12.2. The molecule has 0 amide bonds. The van der Waals surface area contributed by atoms with Gasteiger partial charge in [-0.1, -0.05) is 0 Å². The molecule has 0 spiro atoms. The topological polar surface area (TPSA) is 24.9 Å². The molecular weight excluding hydrogens is 206 g/mol. The predicted molar refractivity (Wildman–Crippen MR) is 51.8 cm³/mol. The van der Waals surface area contributed by atoms with E-state index in [1.54, 1.807) is 0 Å². The molecule has 0 bridgehead atoms. The highest BCUT2D eigenvalue weighted by Crippen LogP contribution is 2.26. The van der Waals surface area contributed by atoms with Gasteiger partial charge >= 0.3 is 0 Å². The average Bonchev–Trinajstić information content (AvgIpc) is 2.75. The number of rotatable bonds is 3. The molecule has 0 saturated carbocycles. The van der Waals surface area contributed by atoms with E-state index in [0.717, 1.165) is 35.7 Å². The molecule has 1 unspecified atom stereocenters. The van der Waals surface area contributed by atoms with E-state index in [0.29, 0.717) is 6.04 Å². The lowest BCUT2D eigenvalue weighted by molar-refractivity contribution is 0.155. The molecule has 5 heteroatoms. The first-order valence-electron chi connectivity index (χ1n) is 4.72. The maximum Gasteiger partial charge on any atom is 0.274 e. The van der Waals surface area contributed by atoms with Crippen LogP contribution >= 0.6 is 11.3 Å². The van der Waals surface area contributed by atoms with Crippen molar-refractivity contribution in [1.82, 2.24) is 10.3 Å². The van der Waals surface area contributed by atoms with Gasteiger partial charge in [0.15, 0.2) is 0 Å². The SMILES string of the molecule is FC(F)c1cnc(CC2CCCN2)s1. The van der Waals surface area contributed by atoms with Crippen LogP contribution in [0.15, 0.2) is 6.20 Å². The zero-order valence-corrected chi connectivity index (χ0v) is 8.49. The summed E-state index contributed by atoms with van der Waals surface area (Å²) in [4.78, 5) is 4.08. The minimum Gasteiger partial charge on any atom is -0.314 e. The minimum absolute atomic E-state index is 0.0815. The fourth-order valence-corrected chi connectivity index (χ4v) is 2.52. The van der Waals surface area contributed by atoms with Crippen LogP contribution < -0.4 is 5.32 Å². The Morgan fingerprint density at radius 3 is 3.07 bits per heavy atom. The van der Waals surface area contributed by atoms with Crippen molar-refractivity contribution in [3.05, 3.63) is 16.1 Å². The van der Waals surface area contributed by atoms with E-state index in [1.165, 1.54) is 12.6 Å². The summed E-state index contributed by atoms with van der Waals surface area (Å²) in [6, 6.07) is 0.437. The largest absolute Gasteiger partial charge is 0.314 e. The molecule has 0 aliphatic carbocycles. The normalized spacial score (nSPS) is 22.1. The van der Waals surface area contributed by atoms with Crippen molar-refractivity contribution in [2.75, 3.05) is 6.54 Å². The molecule has 1 N–H and O–H groups in total. The Hall–Kier alpha value is -0.550. The highest BCUT2D eigenvalue weighted by atomic mass is 32.1. The Bertz CT molecular complexity index is 295. The van der Waals surface area contributed by atoms with Crippen molar-refractivity contribution in [3.63, 3.8) is 0 Å². The Labute approximate surface area is 85.4 Å². The Morgan fingerprint density at radius 1 is 1.64 bits per heavy atom. The van der Waals surface area contributed by atoms with Crippen LogP contribution in [0.1, 0.15) is 29.2 Å². The summed E-state index contributed by atoms with van der Waals surface area (Å²) in [5.74, 6) is 0. The summed E-state index contributed by atoms with van der Waals surface area (Å²) in [5.41, 5.74) is 0. The second kappa shape index (κ2) is 4.31. The van der Waals surface area contributed by atoms with Crippen molar-refractivity contribution in [2.24, 2.45) is 0 Å². The first-order valence-corrected chi connectivity index (χ1v) is 5.53. The Kier molecular flexibility index (Phi) is 3.08. The molecule has 1 fully saturated rings. The summed E-state index contributed by atoms with van der Waals surface area (Å²) in [6.45, 7) is 1.04. The van der Waals surface area contributed by atoms with Crippen LogP contribution in [0.4, 0.5) is 8.78 Å². The van der Waals surface area contributed by atoms with Crippen molar-refractivity contribution in [2.45, 2.75) is 31.7 Å². The monoisotopic (exact) mass is 218 g/mol. The number of halogens is 2. The van der Waals surface area contributed by atoms with Gasteiger partial charge in [-0.2, -0.15) is 0 Å². The molecule has 78 valence electrons. The number of thiazole rings is 1. The van der Waals surface area contributed by atoms with Crippen LogP contribution in [0.5, 0.6) is 0 Å². The van der Waals surface area contributed by atoms with E-state index >= 15 is 0 Å². The van der Waals surface area contributed by atoms with Crippen molar-refractivity contribution in [1.29, 1.82) is 0 Å². The van der Waals surface area contributed by atoms with Gasteiger partial charge in [0.1, 0.15) is 0 Å². The Morgan fingerprint density at radius 2 is 2.50 bits per heavy atom. The van der Waals surface area contributed by atoms with Gasteiger partial charge in [-0.15, -0.1) is 11.3 Å². The fraction of sp³-hybridized carbons (Fsp3) is 0.667. The van der Waals surface area contributed by atoms with Gasteiger partial charge in [0, 0.05) is 18.7 Å². The summed E-state index contributed by atoms with van der Waals surface area (Å²) in [5, 5.41) is 4.14. The van der Waals surface area contributed by atoms with Crippen LogP contribution in [-0.2, 0) is 6.42 Å². The highest BCUT2D eigenvalue weighted by molar-refractivity contribution is 7.11. The molecule has 1 aliphatic rings. The molecule has 2 heterocycles. The van der Waals surface area contributed by atoms with Crippen LogP contribution in [0, 0.1) is 0 Å². The molecule has 0 aromatic carbocycles. The second-order valence-corrected chi connectivity index (χ2v) is 4.60. The first-order chi connectivity index (χ1) is 6.75. The van der Waals surface area contributed by atoms with E-state index in [1.807, 2.05) is 0 Å². The van der Waals surface area contributed by atoms with Crippen LogP contribution in [-0.4, -0.2) is 17.6 Å². The average molecular weight is 218 g/mol. The second-order valence-electron chi connectivity index (χ2n) is 3.45. The smallest absolute Gasteiger partial charge is 0.274 e. The van der Waals surface area contributed by atoms with Gasteiger partial charge < -0.3 is 5.32 Å². The molecule has 14 heavy (non-hydrogen) atoms. The fourth-order valence-electron chi connectivity index (χ4n) is 1.66. The van der Waals surface area contributed by atoms with E-state index in [2.05, 4.69) is 10.3 Å².